The second kappa shape index (κ2) is 8.25. The van der Waals surface area contributed by atoms with E-state index in [1.54, 1.807) is 13.3 Å². The molecular formula is C8H15N5S2. The van der Waals surface area contributed by atoms with Crippen LogP contribution in [0, 0.1) is 5.92 Å². The van der Waals surface area contributed by atoms with Gasteiger partial charge in [-0.3, -0.25) is 10.9 Å². The maximum Gasteiger partial charge on any atom is 0.186 e. The van der Waals surface area contributed by atoms with Gasteiger partial charge in [0.25, 0.3) is 0 Å². The number of hydrogen-bond donors (Lipinski definition) is 3. The predicted octanol–water partition coefficient (Wildman–Crippen LogP) is 0.625. The summed E-state index contributed by atoms with van der Waals surface area (Å²) in [6.07, 6.45) is 1.60. The molecule has 0 aliphatic heterocycles. The molecule has 0 atom stereocenters. The first-order valence-corrected chi connectivity index (χ1v) is 5.27. The Bertz CT molecular complexity index is 272. The van der Waals surface area contributed by atoms with Crippen molar-refractivity contribution in [3.05, 3.63) is 0 Å². The van der Waals surface area contributed by atoms with Gasteiger partial charge in [0, 0.05) is 7.05 Å². The summed E-state index contributed by atoms with van der Waals surface area (Å²) in [4.78, 5) is 0. The van der Waals surface area contributed by atoms with Crippen LogP contribution in [0.2, 0.25) is 0 Å². The van der Waals surface area contributed by atoms with Crippen LogP contribution in [0.3, 0.4) is 0 Å². The second-order valence-electron chi connectivity index (χ2n) is 2.89. The maximum absolute atomic E-state index is 4.85. The molecule has 0 saturated carbocycles. The van der Waals surface area contributed by atoms with Crippen LogP contribution in [0.25, 0.3) is 0 Å². The molecule has 0 heterocycles. The lowest BCUT2D eigenvalue weighted by molar-refractivity contribution is 0.873. The standard InChI is InChI=1S/C8H15N5S2/c1-6(2)7(12-11-5-14)4-10-13-8(15)9-3/h4-6H,1-3H3,(H,11,14)(H2,9,13,15)/b10-4+,12-7+. The molecule has 3 N–H and O–H groups in total. The summed E-state index contributed by atoms with van der Waals surface area (Å²) >= 11 is 9.44. The van der Waals surface area contributed by atoms with Crippen LogP contribution in [0.15, 0.2) is 10.2 Å². The topological polar surface area (TPSA) is 60.8 Å². The largest absolute Gasteiger partial charge is 0.364 e. The van der Waals surface area contributed by atoms with Crippen molar-refractivity contribution < 1.29 is 0 Å². The number of rotatable bonds is 5. The molecule has 0 bridgehead atoms. The van der Waals surface area contributed by atoms with Crippen molar-refractivity contribution in [3.63, 3.8) is 0 Å². The van der Waals surface area contributed by atoms with E-state index in [1.807, 2.05) is 13.8 Å². The minimum absolute atomic E-state index is 0.251. The van der Waals surface area contributed by atoms with Gasteiger partial charge in [-0.25, -0.2) is 0 Å². The van der Waals surface area contributed by atoms with E-state index < -0.39 is 0 Å². The molecule has 84 valence electrons. The van der Waals surface area contributed by atoms with Crippen LogP contribution >= 0.6 is 24.4 Å². The van der Waals surface area contributed by atoms with E-state index in [2.05, 4.69) is 38.6 Å². The molecule has 0 fully saturated rings. The van der Waals surface area contributed by atoms with Gasteiger partial charge in [0.15, 0.2) is 5.11 Å². The van der Waals surface area contributed by atoms with E-state index >= 15 is 0 Å². The molecule has 0 rings (SSSR count). The van der Waals surface area contributed by atoms with Crippen LogP contribution in [-0.4, -0.2) is 29.6 Å². The Morgan fingerprint density at radius 1 is 1.40 bits per heavy atom. The normalized spacial score (nSPS) is 11.6. The van der Waals surface area contributed by atoms with Gasteiger partial charge in [-0.05, 0) is 18.1 Å². The average Bonchev–Trinajstić information content (AvgIpc) is 2.22. The third kappa shape index (κ3) is 6.92. The molecule has 0 aromatic rings. The Kier molecular flexibility index (Phi) is 7.65. The molecule has 0 aromatic carbocycles. The molecule has 15 heavy (non-hydrogen) atoms. The highest BCUT2D eigenvalue weighted by molar-refractivity contribution is 7.80. The van der Waals surface area contributed by atoms with E-state index in [0.717, 1.165) is 5.71 Å². The van der Waals surface area contributed by atoms with E-state index in [1.165, 1.54) is 5.49 Å². The van der Waals surface area contributed by atoms with Gasteiger partial charge < -0.3 is 5.32 Å². The molecule has 7 heteroatoms. The Hall–Kier alpha value is -1.08. The van der Waals surface area contributed by atoms with E-state index in [-0.39, 0.29) is 5.92 Å². The molecular weight excluding hydrogens is 230 g/mol. The van der Waals surface area contributed by atoms with Gasteiger partial charge in [-0.15, -0.1) is 0 Å². The molecule has 0 aliphatic rings. The molecule has 0 saturated heterocycles. The zero-order valence-electron chi connectivity index (χ0n) is 8.94. The van der Waals surface area contributed by atoms with Crippen LogP contribution in [0.4, 0.5) is 0 Å². The summed E-state index contributed by atoms with van der Waals surface area (Å²) in [5.41, 5.74) is 7.35. The molecule has 0 amide bonds. The summed E-state index contributed by atoms with van der Waals surface area (Å²) in [5, 5.41) is 11.1. The highest BCUT2D eigenvalue weighted by Crippen LogP contribution is 1.93. The number of thiocarbonyl (C=S) groups is 2. The molecule has 0 spiro atoms. The van der Waals surface area contributed by atoms with Crippen molar-refractivity contribution in [2.45, 2.75) is 13.8 Å². The zero-order valence-corrected chi connectivity index (χ0v) is 10.6. The predicted molar refractivity (Wildman–Crippen MR) is 72.3 cm³/mol. The van der Waals surface area contributed by atoms with Crippen LogP contribution in [0.1, 0.15) is 13.8 Å². The maximum atomic E-state index is 4.85. The van der Waals surface area contributed by atoms with Gasteiger partial charge in [0.05, 0.1) is 17.4 Å². The lowest BCUT2D eigenvalue weighted by atomic mass is 10.1. The monoisotopic (exact) mass is 245 g/mol. The van der Waals surface area contributed by atoms with E-state index in [0.29, 0.717) is 5.11 Å². The minimum Gasteiger partial charge on any atom is -0.364 e. The number of hydrogen-bond acceptors (Lipinski definition) is 4. The number of nitrogens with zero attached hydrogens (tertiary/aromatic N) is 2. The second-order valence-corrected chi connectivity index (χ2v) is 3.53. The Labute approximate surface area is 100 Å². The quantitative estimate of drug-likeness (QED) is 0.377. The molecule has 0 aliphatic carbocycles. The third-order valence-corrected chi connectivity index (χ3v) is 1.83. The van der Waals surface area contributed by atoms with Gasteiger partial charge in [0.2, 0.25) is 0 Å². The van der Waals surface area contributed by atoms with Gasteiger partial charge in [-0.2, -0.15) is 10.2 Å². The van der Waals surface area contributed by atoms with Crippen molar-refractivity contribution in [2.75, 3.05) is 7.05 Å². The average molecular weight is 245 g/mol. The number of hydrazone groups is 2. The first kappa shape index (κ1) is 13.9. The number of nitrogens with one attached hydrogen (secondary N) is 3. The smallest absolute Gasteiger partial charge is 0.186 e. The first-order valence-electron chi connectivity index (χ1n) is 4.39. The van der Waals surface area contributed by atoms with Crippen molar-refractivity contribution in [1.29, 1.82) is 0 Å². The molecule has 0 aromatic heterocycles. The fraction of sp³-hybridized carbons (Fsp3) is 0.500. The fourth-order valence-corrected chi connectivity index (χ4v) is 0.726. The summed E-state index contributed by atoms with van der Waals surface area (Å²) in [6, 6.07) is 0. The van der Waals surface area contributed by atoms with E-state index in [9.17, 15) is 0 Å². The van der Waals surface area contributed by atoms with Gasteiger partial charge in [-0.1, -0.05) is 26.1 Å². The Balaban J connectivity index is 4.28. The highest BCUT2D eigenvalue weighted by Gasteiger charge is 2.01. The summed E-state index contributed by atoms with van der Waals surface area (Å²) < 4.78 is 0. The van der Waals surface area contributed by atoms with Gasteiger partial charge in [0.1, 0.15) is 0 Å². The van der Waals surface area contributed by atoms with E-state index in [4.69, 9.17) is 12.2 Å². The lowest BCUT2D eigenvalue weighted by Crippen LogP contribution is -2.29. The Morgan fingerprint density at radius 2 is 2.07 bits per heavy atom. The highest BCUT2D eigenvalue weighted by atomic mass is 32.1. The van der Waals surface area contributed by atoms with Gasteiger partial charge >= 0.3 is 0 Å². The molecule has 0 radical (unpaired) electrons. The minimum atomic E-state index is 0.251. The summed E-state index contributed by atoms with van der Waals surface area (Å²) in [5.74, 6) is 0.251. The first-order chi connectivity index (χ1) is 7.11. The van der Waals surface area contributed by atoms with Crippen LogP contribution in [-0.2, 0) is 0 Å². The van der Waals surface area contributed by atoms with Crippen molar-refractivity contribution in [1.82, 2.24) is 16.2 Å². The molecule has 0 unspecified atom stereocenters. The summed E-state index contributed by atoms with van der Waals surface area (Å²) in [7, 11) is 1.72. The van der Waals surface area contributed by atoms with Crippen molar-refractivity contribution in [3.8, 4) is 0 Å². The van der Waals surface area contributed by atoms with Crippen molar-refractivity contribution >= 4 is 47.0 Å². The van der Waals surface area contributed by atoms with Crippen LogP contribution < -0.4 is 16.2 Å². The van der Waals surface area contributed by atoms with Crippen LogP contribution in [0.5, 0.6) is 0 Å². The lowest BCUT2D eigenvalue weighted by Gasteiger charge is -2.04. The van der Waals surface area contributed by atoms with Crippen molar-refractivity contribution in [2.24, 2.45) is 16.1 Å². The molecule has 5 nitrogen and oxygen atoms in total. The zero-order chi connectivity index (χ0) is 11.7. The fourth-order valence-electron chi connectivity index (χ4n) is 0.621. The Morgan fingerprint density at radius 3 is 2.53 bits per heavy atom. The summed E-state index contributed by atoms with van der Waals surface area (Å²) in [6.45, 7) is 4.01. The SMILES string of the molecule is CNC(=S)N/N=C/C(=N\NC=S)C(C)C. The third-order valence-electron chi connectivity index (χ3n) is 1.43.